The van der Waals surface area contributed by atoms with Crippen molar-refractivity contribution in [3.8, 4) is 0 Å². The fraction of sp³-hybridized carbons (Fsp3) is 0.267. The van der Waals surface area contributed by atoms with Gasteiger partial charge in [0.25, 0.3) is 5.91 Å². The highest BCUT2D eigenvalue weighted by molar-refractivity contribution is 6.03. The number of carbonyl (C=O) groups excluding carboxylic acids is 2. The van der Waals surface area contributed by atoms with Crippen molar-refractivity contribution in [1.29, 1.82) is 0 Å². The van der Waals surface area contributed by atoms with Crippen LogP contribution in [0.1, 0.15) is 28.9 Å². The molecule has 0 unspecified atom stereocenters. The lowest BCUT2D eigenvalue weighted by atomic mass is 10.1. The van der Waals surface area contributed by atoms with Crippen LogP contribution in [0.3, 0.4) is 0 Å². The third-order valence-electron chi connectivity index (χ3n) is 3.54. The van der Waals surface area contributed by atoms with Crippen LogP contribution in [0.25, 0.3) is 0 Å². The smallest absolute Gasteiger partial charge is 0.273 e. The van der Waals surface area contributed by atoms with Crippen molar-refractivity contribution in [2.45, 2.75) is 19.3 Å². The van der Waals surface area contributed by atoms with Gasteiger partial charge in [-0.2, -0.15) is 5.10 Å². The van der Waals surface area contributed by atoms with Gasteiger partial charge in [0.1, 0.15) is 5.69 Å². The molecule has 2 N–H and O–H groups in total. The molecule has 108 valence electrons. The second kappa shape index (κ2) is 5.40. The molecule has 0 spiro atoms. The lowest BCUT2D eigenvalue weighted by Crippen LogP contribution is -2.16. The van der Waals surface area contributed by atoms with Gasteiger partial charge in [0.2, 0.25) is 5.91 Å². The van der Waals surface area contributed by atoms with E-state index in [2.05, 4.69) is 15.7 Å². The highest BCUT2D eigenvalue weighted by Gasteiger charge is 2.15. The number of amides is 2. The number of carbonyl (C=O) groups is 2. The number of aryl methyl sites for hydroxylation is 2. The van der Waals surface area contributed by atoms with Gasteiger partial charge in [0.15, 0.2) is 0 Å². The zero-order chi connectivity index (χ0) is 14.8. The number of aromatic nitrogens is 2. The number of rotatable bonds is 2. The van der Waals surface area contributed by atoms with E-state index in [9.17, 15) is 9.59 Å². The predicted molar refractivity (Wildman–Crippen MR) is 79.2 cm³/mol. The summed E-state index contributed by atoms with van der Waals surface area (Å²) in [6.45, 7) is 0. The third-order valence-corrected chi connectivity index (χ3v) is 3.54. The molecule has 6 nitrogen and oxygen atoms in total. The van der Waals surface area contributed by atoms with Crippen LogP contribution >= 0.6 is 0 Å². The maximum absolute atomic E-state index is 12.1. The molecular weight excluding hydrogens is 268 g/mol. The summed E-state index contributed by atoms with van der Waals surface area (Å²) in [6, 6.07) is 7.20. The van der Waals surface area contributed by atoms with Gasteiger partial charge in [-0.25, -0.2) is 0 Å². The zero-order valence-corrected chi connectivity index (χ0v) is 11.7. The van der Waals surface area contributed by atoms with E-state index in [1.54, 1.807) is 25.4 Å². The molecule has 2 amide bonds. The van der Waals surface area contributed by atoms with Crippen LogP contribution in [0.2, 0.25) is 0 Å². The molecule has 0 saturated heterocycles. The number of nitrogens with zero attached hydrogens (tertiary/aromatic N) is 2. The maximum atomic E-state index is 12.1. The fourth-order valence-electron chi connectivity index (χ4n) is 2.44. The Kier molecular flexibility index (Phi) is 3.43. The lowest BCUT2D eigenvalue weighted by molar-refractivity contribution is -0.116. The van der Waals surface area contributed by atoms with Crippen molar-refractivity contribution in [2.24, 2.45) is 7.05 Å². The van der Waals surface area contributed by atoms with Gasteiger partial charge in [-0.1, -0.05) is 0 Å². The molecule has 1 aromatic heterocycles. The average Bonchev–Trinajstić information content (AvgIpc) is 2.78. The topological polar surface area (TPSA) is 76.0 Å². The molecule has 6 heteroatoms. The van der Waals surface area contributed by atoms with Crippen molar-refractivity contribution >= 4 is 23.2 Å². The first kappa shape index (κ1) is 13.4. The number of fused-ring (bicyclic) bond motifs is 1. The number of hydrogen-bond donors (Lipinski definition) is 2. The van der Waals surface area contributed by atoms with Gasteiger partial charge in [-0.3, -0.25) is 14.3 Å². The highest BCUT2D eigenvalue weighted by atomic mass is 16.2. The van der Waals surface area contributed by atoms with Crippen LogP contribution in [-0.4, -0.2) is 21.6 Å². The monoisotopic (exact) mass is 284 g/mol. The Hall–Kier alpha value is -2.63. The Morgan fingerprint density at radius 2 is 2.19 bits per heavy atom. The number of anilines is 2. The summed E-state index contributed by atoms with van der Waals surface area (Å²) in [7, 11) is 1.72. The molecule has 2 aromatic rings. The SMILES string of the molecule is Cn1nccc1C(=O)Nc1ccc2c(c1)CCCC(=O)N2. The standard InChI is InChI=1S/C15H16N4O2/c1-19-13(7-8-16-19)15(21)17-11-5-6-12-10(9-11)3-2-4-14(20)18-12/h5-9H,2-4H2,1H3,(H,17,21)(H,18,20). The number of nitrogens with one attached hydrogen (secondary N) is 2. The molecule has 3 rings (SSSR count). The summed E-state index contributed by atoms with van der Waals surface area (Å²) in [5.41, 5.74) is 3.09. The van der Waals surface area contributed by atoms with Gasteiger partial charge in [0, 0.05) is 31.0 Å². The fourth-order valence-corrected chi connectivity index (χ4v) is 2.44. The quantitative estimate of drug-likeness (QED) is 0.885. The molecule has 21 heavy (non-hydrogen) atoms. The van der Waals surface area contributed by atoms with Crippen LogP contribution in [-0.2, 0) is 18.3 Å². The minimum absolute atomic E-state index is 0.0421. The summed E-state index contributed by atoms with van der Waals surface area (Å²) < 4.78 is 1.53. The van der Waals surface area contributed by atoms with E-state index in [1.165, 1.54) is 4.68 Å². The van der Waals surface area contributed by atoms with Crippen LogP contribution in [0, 0.1) is 0 Å². The minimum Gasteiger partial charge on any atom is -0.326 e. The van der Waals surface area contributed by atoms with Crippen LogP contribution in [0.5, 0.6) is 0 Å². The van der Waals surface area contributed by atoms with Gasteiger partial charge in [-0.05, 0) is 42.7 Å². The summed E-state index contributed by atoms with van der Waals surface area (Å²) in [5.74, 6) is -0.159. The molecule has 0 saturated carbocycles. The first-order valence-corrected chi connectivity index (χ1v) is 6.85. The number of benzene rings is 1. The van der Waals surface area contributed by atoms with Gasteiger partial charge in [-0.15, -0.1) is 0 Å². The average molecular weight is 284 g/mol. The van der Waals surface area contributed by atoms with E-state index in [-0.39, 0.29) is 11.8 Å². The van der Waals surface area contributed by atoms with E-state index < -0.39 is 0 Å². The second-order valence-electron chi connectivity index (χ2n) is 5.07. The zero-order valence-electron chi connectivity index (χ0n) is 11.7. The first-order valence-electron chi connectivity index (χ1n) is 6.85. The van der Waals surface area contributed by atoms with Crippen molar-refractivity contribution in [2.75, 3.05) is 10.6 Å². The normalized spacial score (nSPS) is 14.0. The molecule has 0 fully saturated rings. The molecule has 0 aliphatic carbocycles. The minimum atomic E-state index is -0.201. The van der Waals surface area contributed by atoms with Crippen molar-refractivity contribution in [3.63, 3.8) is 0 Å². The lowest BCUT2D eigenvalue weighted by Gasteiger charge is -2.10. The molecule has 0 bridgehead atoms. The molecule has 2 heterocycles. The Balaban J connectivity index is 1.81. The van der Waals surface area contributed by atoms with Crippen LogP contribution in [0.15, 0.2) is 30.5 Å². The highest BCUT2D eigenvalue weighted by Crippen LogP contribution is 2.25. The Morgan fingerprint density at radius 1 is 1.33 bits per heavy atom. The van der Waals surface area contributed by atoms with Crippen molar-refractivity contribution in [1.82, 2.24) is 9.78 Å². The summed E-state index contributed by atoms with van der Waals surface area (Å²) in [5, 5.41) is 9.71. The molecule has 1 aromatic carbocycles. The Labute approximate surface area is 122 Å². The summed E-state index contributed by atoms with van der Waals surface area (Å²) in [6.07, 6.45) is 3.76. The first-order chi connectivity index (χ1) is 10.1. The molecular formula is C15H16N4O2. The number of hydrogen-bond acceptors (Lipinski definition) is 3. The Morgan fingerprint density at radius 3 is 2.95 bits per heavy atom. The Bertz CT molecular complexity index is 705. The van der Waals surface area contributed by atoms with Crippen molar-refractivity contribution in [3.05, 3.63) is 41.7 Å². The maximum Gasteiger partial charge on any atom is 0.273 e. The van der Waals surface area contributed by atoms with E-state index in [0.717, 1.165) is 29.8 Å². The largest absolute Gasteiger partial charge is 0.326 e. The summed E-state index contributed by atoms with van der Waals surface area (Å²) in [4.78, 5) is 23.7. The van der Waals surface area contributed by atoms with Gasteiger partial charge < -0.3 is 10.6 Å². The predicted octanol–water partition coefficient (Wildman–Crippen LogP) is 1.95. The third kappa shape index (κ3) is 2.79. The molecule has 0 radical (unpaired) electrons. The van der Waals surface area contributed by atoms with E-state index in [0.29, 0.717) is 12.1 Å². The van der Waals surface area contributed by atoms with E-state index in [4.69, 9.17) is 0 Å². The van der Waals surface area contributed by atoms with E-state index >= 15 is 0 Å². The van der Waals surface area contributed by atoms with Crippen molar-refractivity contribution < 1.29 is 9.59 Å². The van der Waals surface area contributed by atoms with Gasteiger partial charge in [0.05, 0.1) is 0 Å². The molecule has 1 aliphatic heterocycles. The van der Waals surface area contributed by atoms with Crippen LogP contribution < -0.4 is 10.6 Å². The molecule has 0 atom stereocenters. The molecule has 1 aliphatic rings. The van der Waals surface area contributed by atoms with Crippen LogP contribution in [0.4, 0.5) is 11.4 Å². The summed E-state index contributed by atoms with van der Waals surface area (Å²) >= 11 is 0. The van der Waals surface area contributed by atoms with E-state index in [1.807, 2.05) is 12.1 Å². The second-order valence-corrected chi connectivity index (χ2v) is 5.07. The van der Waals surface area contributed by atoms with Gasteiger partial charge >= 0.3 is 0 Å².